The van der Waals surface area contributed by atoms with E-state index in [1.54, 1.807) is 9.80 Å². The number of fused-ring (bicyclic) bond motifs is 1. The predicted octanol–water partition coefficient (Wildman–Crippen LogP) is 2.85. The molecule has 3 fully saturated rings. The van der Waals surface area contributed by atoms with E-state index in [9.17, 15) is 14.7 Å². The summed E-state index contributed by atoms with van der Waals surface area (Å²) in [5.74, 6) is -0.207. The van der Waals surface area contributed by atoms with Crippen molar-refractivity contribution in [3.05, 3.63) is 54.2 Å². The van der Waals surface area contributed by atoms with Gasteiger partial charge in [0.25, 0.3) is 11.8 Å². The Morgan fingerprint density at radius 3 is 2.28 bits per heavy atom. The summed E-state index contributed by atoms with van der Waals surface area (Å²) in [4.78, 5) is 28.8. The summed E-state index contributed by atoms with van der Waals surface area (Å²) in [6.07, 6.45) is 5.63. The van der Waals surface area contributed by atoms with Crippen LogP contribution in [0.3, 0.4) is 0 Å². The molecule has 32 heavy (non-hydrogen) atoms. The summed E-state index contributed by atoms with van der Waals surface area (Å²) in [6, 6.07) is 14.5. The molecule has 2 aliphatic carbocycles. The number of carbonyl (C=O) groups is 2. The Bertz CT molecular complexity index is 1200. The third kappa shape index (κ3) is 3.37. The Hall–Kier alpha value is -3.19. The standard InChI is InChI=1S/C25H26N4O3/c30-23(27-12-14-28(15-13-27)24(31)25(32)10-11-25)18-6-4-17(5-7-18)20-2-1-3-22-21(20)16-29(26-22)19-8-9-19/h1-7,16,19,32H,8-15H2. The fourth-order valence-electron chi connectivity index (χ4n) is 4.55. The van der Waals surface area contributed by atoms with E-state index < -0.39 is 5.60 Å². The monoisotopic (exact) mass is 430 g/mol. The maximum Gasteiger partial charge on any atom is 0.254 e. The SMILES string of the molecule is O=C(c1ccc(-c2cccc3nn(C4CC4)cc23)cc1)N1CCN(C(=O)C2(O)CC2)CC1. The third-order valence-corrected chi connectivity index (χ3v) is 6.91. The van der Waals surface area contributed by atoms with Crippen LogP contribution >= 0.6 is 0 Å². The van der Waals surface area contributed by atoms with Crippen molar-refractivity contribution in [1.82, 2.24) is 19.6 Å². The summed E-state index contributed by atoms with van der Waals surface area (Å²) in [5.41, 5.74) is 2.70. The van der Waals surface area contributed by atoms with E-state index in [0.717, 1.165) is 22.0 Å². The van der Waals surface area contributed by atoms with E-state index in [1.807, 2.05) is 36.4 Å². The Kier molecular flexibility index (Phi) is 4.37. The van der Waals surface area contributed by atoms with Crippen molar-refractivity contribution >= 4 is 22.7 Å². The highest BCUT2D eigenvalue weighted by atomic mass is 16.3. The van der Waals surface area contributed by atoms with Crippen molar-refractivity contribution in [3.63, 3.8) is 0 Å². The van der Waals surface area contributed by atoms with Crippen LogP contribution in [0.5, 0.6) is 0 Å². The third-order valence-electron chi connectivity index (χ3n) is 6.91. The van der Waals surface area contributed by atoms with E-state index in [1.165, 1.54) is 12.8 Å². The zero-order valence-electron chi connectivity index (χ0n) is 17.9. The lowest BCUT2D eigenvalue weighted by molar-refractivity contribution is -0.143. The molecule has 1 aromatic heterocycles. The predicted molar refractivity (Wildman–Crippen MR) is 120 cm³/mol. The van der Waals surface area contributed by atoms with Crippen LogP contribution in [0.1, 0.15) is 42.1 Å². The molecule has 3 aromatic rings. The van der Waals surface area contributed by atoms with Crippen LogP contribution in [0.25, 0.3) is 22.0 Å². The zero-order valence-corrected chi connectivity index (χ0v) is 17.9. The molecule has 1 saturated heterocycles. The van der Waals surface area contributed by atoms with Gasteiger partial charge in [0.15, 0.2) is 0 Å². The quantitative estimate of drug-likeness (QED) is 0.690. The summed E-state index contributed by atoms with van der Waals surface area (Å²) in [6.45, 7) is 1.92. The maximum absolute atomic E-state index is 13.0. The van der Waals surface area contributed by atoms with Crippen LogP contribution in [0.15, 0.2) is 48.7 Å². The molecule has 0 bridgehead atoms. The molecule has 0 atom stereocenters. The average Bonchev–Trinajstić information content (AvgIpc) is 3.77. The van der Waals surface area contributed by atoms with E-state index in [-0.39, 0.29) is 11.8 Å². The lowest BCUT2D eigenvalue weighted by Crippen LogP contribution is -2.53. The van der Waals surface area contributed by atoms with Crippen molar-refractivity contribution in [2.45, 2.75) is 37.3 Å². The molecule has 2 amide bonds. The fourth-order valence-corrected chi connectivity index (χ4v) is 4.55. The molecule has 0 spiro atoms. The molecular weight excluding hydrogens is 404 g/mol. The van der Waals surface area contributed by atoms with Crippen molar-refractivity contribution in [2.75, 3.05) is 26.2 Å². The van der Waals surface area contributed by atoms with Gasteiger partial charge in [-0.15, -0.1) is 0 Å². The van der Waals surface area contributed by atoms with Crippen LogP contribution < -0.4 is 0 Å². The van der Waals surface area contributed by atoms with Crippen LogP contribution in [0.2, 0.25) is 0 Å². The Morgan fingerprint density at radius 1 is 0.938 bits per heavy atom. The molecule has 2 aromatic carbocycles. The van der Waals surface area contributed by atoms with Gasteiger partial charge in [-0.3, -0.25) is 14.3 Å². The average molecular weight is 431 g/mol. The lowest BCUT2D eigenvalue weighted by Gasteiger charge is -2.35. The van der Waals surface area contributed by atoms with Gasteiger partial charge in [0.05, 0.1) is 11.6 Å². The molecule has 0 radical (unpaired) electrons. The minimum absolute atomic E-state index is 0.0199. The second-order valence-corrected chi connectivity index (χ2v) is 9.27. The number of carbonyl (C=O) groups excluding carboxylic acids is 2. The number of aromatic nitrogens is 2. The summed E-state index contributed by atoms with van der Waals surface area (Å²) in [5, 5.41) is 15.9. The fraction of sp³-hybridized carbons (Fsp3) is 0.400. The highest BCUT2D eigenvalue weighted by Crippen LogP contribution is 2.38. The lowest BCUT2D eigenvalue weighted by atomic mass is 10.0. The Balaban J connectivity index is 1.16. The largest absolute Gasteiger partial charge is 0.380 e. The molecule has 2 heterocycles. The number of aliphatic hydroxyl groups is 1. The summed E-state index contributed by atoms with van der Waals surface area (Å²) in [7, 11) is 0. The van der Waals surface area contributed by atoms with Gasteiger partial charge in [-0.1, -0.05) is 24.3 Å². The van der Waals surface area contributed by atoms with Crippen molar-refractivity contribution in [1.29, 1.82) is 0 Å². The number of piperazine rings is 1. The number of hydrogen-bond acceptors (Lipinski definition) is 4. The van der Waals surface area contributed by atoms with Crippen molar-refractivity contribution in [3.8, 4) is 11.1 Å². The van der Waals surface area contributed by atoms with Gasteiger partial charge in [0.1, 0.15) is 5.60 Å². The topological polar surface area (TPSA) is 78.7 Å². The molecule has 7 nitrogen and oxygen atoms in total. The van der Waals surface area contributed by atoms with E-state index in [4.69, 9.17) is 5.10 Å². The maximum atomic E-state index is 13.0. The first-order chi connectivity index (χ1) is 15.5. The van der Waals surface area contributed by atoms with Crippen molar-refractivity contribution < 1.29 is 14.7 Å². The van der Waals surface area contributed by atoms with E-state index in [0.29, 0.717) is 50.6 Å². The number of nitrogens with zero attached hydrogens (tertiary/aromatic N) is 4. The minimum atomic E-state index is -1.14. The van der Waals surface area contributed by atoms with Crippen LogP contribution in [-0.4, -0.2) is 68.3 Å². The first-order valence-corrected chi connectivity index (χ1v) is 11.4. The van der Waals surface area contributed by atoms with Crippen molar-refractivity contribution in [2.24, 2.45) is 0 Å². The second kappa shape index (κ2) is 7.17. The van der Waals surface area contributed by atoms with E-state index >= 15 is 0 Å². The normalized spacial score (nSPS) is 19.9. The molecule has 3 aliphatic rings. The smallest absolute Gasteiger partial charge is 0.254 e. The number of amides is 2. The molecule has 0 unspecified atom stereocenters. The molecule has 164 valence electrons. The van der Waals surface area contributed by atoms with E-state index in [2.05, 4.69) is 16.9 Å². The highest BCUT2D eigenvalue weighted by molar-refractivity contribution is 5.97. The van der Waals surface area contributed by atoms with Gasteiger partial charge >= 0.3 is 0 Å². The molecule has 1 N–H and O–H groups in total. The van der Waals surface area contributed by atoms with Gasteiger partial charge in [0.2, 0.25) is 0 Å². The Morgan fingerprint density at radius 2 is 1.62 bits per heavy atom. The highest BCUT2D eigenvalue weighted by Gasteiger charge is 2.50. The zero-order chi connectivity index (χ0) is 21.9. The minimum Gasteiger partial charge on any atom is -0.380 e. The summed E-state index contributed by atoms with van der Waals surface area (Å²) >= 11 is 0. The number of hydrogen-bond donors (Lipinski definition) is 1. The number of benzene rings is 2. The molecular formula is C25H26N4O3. The van der Waals surface area contributed by atoms with Gasteiger partial charge in [-0.05, 0) is 55.0 Å². The first kappa shape index (κ1) is 19.5. The van der Waals surface area contributed by atoms with Gasteiger partial charge in [-0.25, -0.2) is 0 Å². The van der Waals surface area contributed by atoms with Crippen LogP contribution in [-0.2, 0) is 4.79 Å². The molecule has 7 heteroatoms. The molecule has 1 aliphatic heterocycles. The summed E-state index contributed by atoms with van der Waals surface area (Å²) < 4.78 is 2.08. The second-order valence-electron chi connectivity index (χ2n) is 9.27. The van der Waals surface area contributed by atoms with Gasteiger partial charge in [0, 0.05) is 43.3 Å². The number of rotatable bonds is 4. The Labute approximate surface area is 186 Å². The first-order valence-electron chi connectivity index (χ1n) is 11.4. The molecule has 6 rings (SSSR count). The van der Waals surface area contributed by atoms with Crippen LogP contribution in [0, 0.1) is 0 Å². The van der Waals surface area contributed by atoms with Gasteiger partial charge < -0.3 is 14.9 Å². The molecule has 2 saturated carbocycles. The van der Waals surface area contributed by atoms with Crippen LogP contribution in [0.4, 0.5) is 0 Å². The van der Waals surface area contributed by atoms with Gasteiger partial charge in [-0.2, -0.15) is 5.10 Å².